The molecule has 0 radical (unpaired) electrons. The number of hydrogen-bond acceptors (Lipinski definition) is 1. The van der Waals surface area contributed by atoms with Crippen molar-refractivity contribution in [2.24, 2.45) is 0 Å². The molecular formula is C14H28N2O. The van der Waals surface area contributed by atoms with Gasteiger partial charge in [0.2, 0.25) is 0 Å². The predicted molar refractivity (Wildman–Crippen MR) is 72.2 cm³/mol. The normalized spacial score (nSPS) is 16.0. The first-order chi connectivity index (χ1) is 8.25. The highest BCUT2D eigenvalue weighted by Gasteiger charge is 2.23. The fraction of sp³-hybridized carbons (Fsp3) is 0.929. The Kier molecular flexibility index (Phi) is 7.06. The topological polar surface area (TPSA) is 23.6 Å². The number of unbranched alkanes of at least 4 members (excludes halogenated alkanes) is 7. The molecular weight excluding hydrogens is 212 g/mol. The molecule has 1 rings (SSSR count). The van der Waals surface area contributed by atoms with E-state index in [1.54, 1.807) is 0 Å². The van der Waals surface area contributed by atoms with Gasteiger partial charge in [0.1, 0.15) is 0 Å². The monoisotopic (exact) mass is 240 g/mol. The Morgan fingerprint density at radius 3 is 2.06 bits per heavy atom. The summed E-state index contributed by atoms with van der Waals surface area (Å²) in [5, 5.41) is 0. The first-order valence-corrected chi connectivity index (χ1v) is 7.25. The third-order valence-electron chi connectivity index (χ3n) is 3.58. The lowest BCUT2D eigenvalue weighted by Gasteiger charge is -2.15. The zero-order valence-corrected chi connectivity index (χ0v) is 11.6. The van der Waals surface area contributed by atoms with Gasteiger partial charge in [-0.2, -0.15) is 0 Å². The Morgan fingerprint density at radius 1 is 0.941 bits per heavy atom. The van der Waals surface area contributed by atoms with E-state index in [0.29, 0.717) is 0 Å². The van der Waals surface area contributed by atoms with Crippen LogP contribution in [0.1, 0.15) is 58.3 Å². The third-order valence-corrected chi connectivity index (χ3v) is 3.58. The van der Waals surface area contributed by atoms with Crippen LogP contribution in [0.4, 0.5) is 4.79 Å². The van der Waals surface area contributed by atoms with Gasteiger partial charge in [-0.1, -0.05) is 51.9 Å². The van der Waals surface area contributed by atoms with E-state index in [0.717, 1.165) is 19.6 Å². The molecule has 1 fully saturated rings. The number of likely N-dealkylation sites (N-methyl/N-ethyl adjacent to an activating group) is 1. The van der Waals surface area contributed by atoms with Gasteiger partial charge in [0, 0.05) is 26.7 Å². The lowest BCUT2D eigenvalue weighted by atomic mass is 10.1. The van der Waals surface area contributed by atoms with Crippen LogP contribution in [0, 0.1) is 0 Å². The lowest BCUT2D eigenvalue weighted by Crippen LogP contribution is -2.30. The number of amides is 2. The van der Waals surface area contributed by atoms with Gasteiger partial charge < -0.3 is 9.80 Å². The molecule has 0 aromatic heterocycles. The van der Waals surface area contributed by atoms with E-state index in [-0.39, 0.29) is 6.03 Å². The van der Waals surface area contributed by atoms with Crippen LogP contribution in [0.2, 0.25) is 0 Å². The van der Waals surface area contributed by atoms with Crippen LogP contribution in [0.5, 0.6) is 0 Å². The SMILES string of the molecule is CCCCCCCCCCN1CCN(C)C1=O. The second kappa shape index (κ2) is 8.37. The number of hydrogen-bond donors (Lipinski definition) is 0. The molecule has 1 heterocycles. The van der Waals surface area contributed by atoms with Crippen molar-refractivity contribution in [1.82, 2.24) is 9.80 Å². The van der Waals surface area contributed by atoms with Gasteiger partial charge in [0.05, 0.1) is 0 Å². The molecule has 0 spiro atoms. The molecule has 3 nitrogen and oxygen atoms in total. The minimum absolute atomic E-state index is 0.216. The zero-order chi connectivity index (χ0) is 12.5. The highest BCUT2D eigenvalue weighted by Crippen LogP contribution is 2.11. The Labute approximate surface area is 106 Å². The summed E-state index contributed by atoms with van der Waals surface area (Å²) >= 11 is 0. The van der Waals surface area contributed by atoms with Crippen LogP contribution < -0.4 is 0 Å². The molecule has 1 saturated heterocycles. The van der Waals surface area contributed by atoms with Gasteiger partial charge in [-0.25, -0.2) is 4.79 Å². The third kappa shape index (κ3) is 5.42. The first kappa shape index (κ1) is 14.3. The molecule has 0 atom stereocenters. The zero-order valence-electron chi connectivity index (χ0n) is 11.6. The van der Waals surface area contributed by atoms with Crippen molar-refractivity contribution in [3.05, 3.63) is 0 Å². The Hall–Kier alpha value is -0.730. The van der Waals surface area contributed by atoms with Crippen molar-refractivity contribution >= 4 is 6.03 Å². The molecule has 0 aromatic carbocycles. The van der Waals surface area contributed by atoms with Gasteiger partial charge in [-0.3, -0.25) is 0 Å². The van der Waals surface area contributed by atoms with Gasteiger partial charge in [-0.15, -0.1) is 0 Å². The standard InChI is InChI=1S/C14H28N2O/c1-3-4-5-6-7-8-9-10-11-16-13-12-15(2)14(16)17/h3-13H2,1-2H3. The molecule has 0 aliphatic carbocycles. The predicted octanol–water partition coefficient (Wildman–Crippen LogP) is 3.49. The second-order valence-electron chi connectivity index (χ2n) is 5.17. The van der Waals surface area contributed by atoms with E-state index in [9.17, 15) is 4.79 Å². The van der Waals surface area contributed by atoms with Crippen LogP contribution in [-0.2, 0) is 0 Å². The highest BCUT2D eigenvalue weighted by molar-refractivity contribution is 5.76. The number of rotatable bonds is 9. The second-order valence-corrected chi connectivity index (χ2v) is 5.17. The summed E-state index contributed by atoms with van der Waals surface area (Å²) < 4.78 is 0. The largest absolute Gasteiger partial charge is 0.326 e. The average Bonchev–Trinajstić information content (AvgIpc) is 2.64. The maximum Gasteiger partial charge on any atom is 0.319 e. The van der Waals surface area contributed by atoms with E-state index in [1.165, 1.54) is 51.4 Å². The molecule has 3 heteroatoms. The number of carbonyl (C=O) groups is 1. The molecule has 0 aromatic rings. The quantitative estimate of drug-likeness (QED) is 0.566. The Bertz CT molecular complexity index is 218. The highest BCUT2D eigenvalue weighted by atomic mass is 16.2. The van der Waals surface area contributed by atoms with E-state index in [4.69, 9.17) is 0 Å². The van der Waals surface area contributed by atoms with Gasteiger partial charge >= 0.3 is 6.03 Å². The minimum atomic E-state index is 0.216. The van der Waals surface area contributed by atoms with Crippen LogP contribution in [0.3, 0.4) is 0 Å². The summed E-state index contributed by atoms with van der Waals surface area (Å²) in [6, 6.07) is 0.216. The van der Waals surface area contributed by atoms with Crippen molar-refractivity contribution in [3.8, 4) is 0 Å². The minimum Gasteiger partial charge on any atom is -0.326 e. The maximum absolute atomic E-state index is 11.6. The van der Waals surface area contributed by atoms with Crippen LogP contribution in [0.15, 0.2) is 0 Å². The summed E-state index contributed by atoms with van der Waals surface area (Å²) in [7, 11) is 1.88. The maximum atomic E-state index is 11.6. The van der Waals surface area contributed by atoms with E-state index in [1.807, 2.05) is 16.8 Å². The van der Waals surface area contributed by atoms with E-state index in [2.05, 4.69) is 6.92 Å². The summed E-state index contributed by atoms with van der Waals surface area (Å²) in [6.07, 6.45) is 10.6. The summed E-state index contributed by atoms with van der Waals surface area (Å²) in [5.41, 5.74) is 0. The molecule has 1 aliphatic heterocycles. The smallest absolute Gasteiger partial charge is 0.319 e. The number of carbonyl (C=O) groups excluding carboxylic acids is 1. The van der Waals surface area contributed by atoms with Gasteiger partial charge in [0.15, 0.2) is 0 Å². The van der Waals surface area contributed by atoms with Crippen molar-refractivity contribution in [2.75, 3.05) is 26.7 Å². The Balaban J connectivity index is 1.89. The summed E-state index contributed by atoms with van der Waals surface area (Å²) in [6.45, 7) is 5.03. The molecule has 17 heavy (non-hydrogen) atoms. The molecule has 0 bridgehead atoms. The van der Waals surface area contributed by atoms with Crippen LogP contribution in [-0.4, -0.2) is 42.5 Å². The number of nitrogens with zero attached hydrogens (tertiary/aromatic N) is 2. The first-order valence-electron chi connectivity index (χ1n) is 7.25. The van der Waals surface area contributed by atoms with Crippen molar-refractivity contribution in [1.29, 1.82) is 0 Å². The summed E-state index contributed by atoms with van der Waals surface area (Å²) in [4.78, 5) is 15.4. The van der Waals surface area contributed by atoms with Crippen LogP contribution >= 0.6 is 0 Å². The molecule has 1 aliphatic rings. The van der Waals surface area contributed by atoms with Crippen LogP contribution in [0.25, 0.3) is 0 Å². The fourth-order valence-corrected chi connectivity index (χ4v) is 2.35. The van der Waals surface area contributed by atoms with E-state index >= 15 is 0 Å². The van der Waals surface area contributed by atoms with E-state index < -0.39 is 0 Å². The molecule has 100 valence electrons. The van der Waals surface area contributed by atoms with Crippen molar-refractivity contribution in [2.45, 2.75) is 58.3 Å². The van der Waals surface area contributed by atoms with Crippen molar-refractivity contribution in [3.63, 3.8) is 0 Å². The lowest BCUT2D eigenvalue weighted by molar-refractivity contribution is 0.198. The van der Waals surface area contributed by atoms with Gasteiger partial charge in [0.25, 0.3) is 0 Å². The Morgan fingerprint density at radius 2 is 1.53 bits per heavy atom. The molecule has 0 N–H and O–H groups in total. The summed E-state index contributed by atoms with van der Waals surface area (Å²) in [5.74, 6) is 0. The van der Waals surface area contributed by atoms with Crippen molar-refractivity contribution < 1.29 is 4.79 Å². The number of urea groups is 1. The molecule has 0 unspecified atom stereocenters. The van der Waals surface area contributed by atoms with Gasteiger partial charge in [-0.05, 0) is 6.42 Å². The average molecular weight is 240 g/mol. The molecule has 0 saturated carbocycles. The molecule has 2 amide bonds. The fourth-order valence-electron chi connectivity index (χ4n) is 2.35.